The Morgan fingerprint density at radius 2 is 2.20 bits per heavy atom. The Morgan fingerprint density at radius 3 is 2.93 bits per heavy atom. The Hall–Kier alpha value is -1.45. The van der Waals surface area contributed by atoms with Gasteiger partial charge in [-0.25, -0.2) is 9.18 Å². The number of pyridine rings is 1. The van der Waals surface area contributed by atoms with Crippen LogP contribution in [-0.2, 0) is 17.6 Å². The fourth-order valence-corrected chi connectivity index (χ4v) is 2.02. The van der Waals surface area contributed by atoms with Gasteiger partial charge >= 0.3 is 5.97 Å². The molecular formula is C11H12FNO2. The summed E-state index contributed by atoms with van der Waals surface area (Å²) in [4.78, 5) is 14.8. The number of carbonyl (C=O) groups is 1. The Labute approximate surface area is 87.0 Å². The van der Waals surface area contributed by atoms with E-state index < -0.39 is 12.1 Å². The summed E-state index contributed by atoms with van der Waals surface area (Å²) in [6.07, 6.45) is 3.18. The molecule has 0 radical (unpaired) electrons. The molecule has 80 valence electrons. The second kappa shape index (κ2) is 3.96. The third kappa shape index (κ3) is 1.84. The van der Waals surface area contributed by atoms with Gasteiger partial charge in [-0.3, -0.25) is 4.98 Å². The summed E-state index contributed by atoms with van der Waals surface area (Å²) in [6, 6.07) is 1.48. The first kappa shape index (κ1) is 10.1. The van der Waals surface area contributed by atoms with Crippen LogP contribution in [0.1, 0.15) is 35.8 Å². The molecule has 3 nitrogen and oxygen atoms in total. The van der Waals surface area contributed by atoms with Crippen LogP contribution < -0.4 is 0 Å². The normalized spacial score (nSPS) is 16.9. The third-order valence-electron chi connectivity index (χ3n) is 2.76. The van der Waals surface area contributed by atoms with E-state index in [0.29, 0.717) is 0 Å². The first-order valence-electron chi connectivity index (χ1n) is 5.03. The summed E-state index contributed by atoms with van der Waals surface area (Å²) in [5.41, 5.74) is 1.95. The quantitative estimate of drug-likeness (QED) is 0.811. The van der Waals surface area contributed by atoms with Crippen molar-refractivity contribution < 1.29 is 14.3 Å². The predicted molar refractivity (Wildman–Crippen MR) is 52.4 cm³/mol. The Balaban J connectivity index is 2.43. The van der Waals surface area contributed by atoms with Gasteiger partial charge in [0, 0.05) is 17.5 Å². The van der Waals surface area contributed by atoms with Crippen LogP contribution >= 0.6 is 0 Å². The van der Waals surface area contributed by atoms with Crippen LogP contribution in [0.5, 0.6) is 0 Å². The molecule has 1 aromatic heterocycles. The SMILES string of the molecule is O=C(O)C(F)c1ccnc2c1CCCC2. The van der Waals surface area contributed by atoms with E-state index in [-0.39, 0.29) is 5.56 Å². The number of carboxylic acid groups (broad SMARTS) is 1. The van der Waals surface area contributed by atoms with Crippen molar-refractivity contribution in [1.82, 2.24) is 4.98 Å². The maximum atomic E-state index is 13.4. The summed E-state index contributed by atoms with van der Waals surface area (Å²) in [5.74, 6) is -1.42. The highest BCUT2D eigenvalue weighted by atomic mass is 19.1. The number of aromatic nitrogens is 1. The molecule has 1 aliphatic carbocycles. The lowest BCUT2D eigenvalue weighted by atomic mass is 9.91. The minimum absolute atomic E-state index is 0.284. The van der Waals surface area contributed by atoms with E-state index in [2.05, 4.69) is 4.98 Å². The van der Waals surface area contributed by atoms with E-state index >= 15 is 0 Å². The molecule has 0 spiro atoms. The second-order valence-electron chi connectivity index (χ2n) is 3.73. The van der Waals surface area contributed by atoms with Crippen molar-refractivity contribution in [3.05, 3.63) is 29.1 Å². The highest BCUT2D eigenvalue weighted by Gasteiger charge is 2.24. The van der Waals surface area contributed by atoms with Crippen molar-refractivity contribution in [3.63, 3.8) is 0 Å². The van der Waals surface area contributed by atoms with Crippen LogP contribution in [-0.4, -0.2) is 16.1 Å². The van der Waals surface area contributed by atoms with Crippen molar-refractivity contribution in [2.75, 3.05) is 0 Å². The average molecular weight is 209 g/mol. The first-order valence-corrected chi connectivity index (χ1v) is 5.03. The van der Waals surface area contributed by atoms with Gasteiger partial charge in [0.2, 0.25) is 6.17 Å². The number of fused-ring (bicyclic) bond motifs is 1. The molecule has 15 heavy (non-hydrogen) atoms. The lowest BCUT2D eigenvalue weighted by molar-refractivity contribution is -0.143. The minimum atomic E-state index is -1.92. The molecule has 4 heteroatoms. The highest BCUT2D eigenvalue weighted by Crippen LogP contribution is 2.28. The largest absolute Gasteiger partial charge is 0.479 e. The van der Waals surface area contributed by atoms with Crippen molar-refractivity contribution in [2.45, 2.75) is 31.9 Å². The molecule has 1 heterocycles. The fraction of sp³-hybridized carbons (Fsp3) is 0.455. The van der Waals surface area contributed by atoms with Crippen LogP contribution in [0, 0.1) is 0 Å². The number of nitrogens with zero attached hydrogens (tertiary/aromatic N) is 1. The molecule has 0 aromatic carbocycles. The van der Waals surface area contributed by atoms with Crippen LogP contribution in [0.25, 0.3) is 0 Å². The van der Waals surface area contributed by atoms with E-state index in [9.17, 15) is 9.18 Å². The van der Waals surface area contributed by atoms with Gasteiger partial charge in [0.05, 0.1) is 0 Å². The van der Waals surface area contributed by atoms with Gasteiger partial charge in [0.25, 0.3) is 0 Å². The zero-order chi connectivity index (χ0) is 10.8. The molecule has 1 aliphatic rings. The lowest BCUT2D eigenvalue weighted by Crippen LogP contribution is -2.14. The smallest absolute Gasteiger partial charge is 0.343 e. The summed E-state index contributed by atoms with van der Waals surface area (Å²) in [7, 11) is 0. The van der Waals surface area contributed by atoms with Crippen LogP contribution in [0.3, 0.4) is 0 Å². The van der Waals surface area contributed by atoms with Crippen molar-refractivity contribution in [2.24, 2.45) is 0 Å². The second-order valence-corrected chi connectivity index (χ2v) is 3.73. The van der Waals surface area contributed by atoms with Gasteiger partial charge in [-0.05, 0) is 37.3 Å². The molecular weight excluding hydrogens is 197 g/mol. The summed E-state index contributed by atoms with van der Waals surface area (Å²) < 4.78 is 13.4. The predicted octanol–water partition coefficient (Wildman–Crippen LogP) is 2.06. The molecule has 0 aliphatic heterocycles. The van der Waals surface area contributed by atoms with Gasteiger partial charge in [-0.2, -0.15) is 0 Å². The molecule has 0 saturated carbocycles. The van der Waals surface area contributed by atoms with Crippen molar-refractivity contribution in [1.29, 1.82) is 0 Å². The third-order valence-corrected chi connectivity index (χ3v) is 2.76. The number of alkyl halides is 1. The van der Waals surface area contributed by atoms with Gasteiger partial charge in [-0.1, -0.05) is 0 Å². The average Bonchev–Trinajstić information content (AvgIpc) is 2.27. The van der Waals surface area contributed by atoms with Gasteiger partial charge < -0.3 is 5.11 Å². The molecule has 0 bridgehead atoms. The number of aryl methyl sites for hydroxylation is 1. The molecule has 1 atom stereocenters. The van der Waals surface area contributed by atoms with E-state index in [1.165, 1.54) is 12.3 Å². The number of aliphatic carboxylic acids is 1. The van der Waals surface area contributed by atoms with Crippen LogP contribution in [0.15, 0.2) is 12.3 Å². The highest BCUT2D eigenvalue weighted by molar-refractivity contribution is 5.74. The lowest BCUT2D eigenvalue weighted by Gasteiger charge is -2.18. The van der Waals surface area contributed by atoms with Gasteiger partial charge in [0.15, 0.2) is 0 Å². The van der Waals surface area contributed by atoms with Crippen molar-refractivity contribution >= 4 is 5.97 Å². The number of halogens is 1. The number of rotatable bonds is 2. The molecule has 0 fully saturated rings. The van der Waals surface area contributed by atoms with Crippen LogP contribution in [0.2, 0.25) is 0 Å². The zero-order valence-electron chi connectivity index (χ0n) is 8.24. The van der Waals surface area contributed by atoms with E-state index in [1.54, 1.807) is 0 Å². The van der Waals surface area contributed by atoms with Crippen LogP contribution in [0.4, 0.5) is 4.39 Å². The van der Waals surface area contributed by atoms with Gasteiger partial charge in [0.1, 0.15) is 0 Å². The first-order chi connectivity index (χ1) is 7.20. The zero-order valence-corrected chi connectivity index (χ0v) is 8.24. The fourth-order valence-electron chi connectivity index (χ4n) is 2.02. The van der Waals surface area contributed by atoms with E-state index in [1.807, 2.05) is 0 Å². The molecule has 1 aromatic rings. The molecule has 0 saturated heterocycles. The molecule has 1 unspecified atom stereocenters. The number of carboxylic acids is 1. The molecule has 0 amide bonds. The maximum absolute atomic E-state index is 13.4. The topological polar surface area (TPSA) is 50.2 Å². The number of hydrogen-bond acceptors (Lipinski definition) is 2. The standard InChI is InChI=1S/C11H12FNO2/c12-10(11(14)15)8-5-6-13-9-4-2-1-3-7(8)9/h5-6,10H,1-4H2,(H,14,15). The van der Waals surface area contributed by atoms with Gasteiger partial charge in [-0.15, -0.1) is 0 Å². The Morgan fingerprint density at radius 1 is 1.47 bits per heavy atom. The summed E-state index contributed by atoms with van der Waals surface area (Å²) in [6.45, 7) is 0. The Kier molecular flexibility index (Phi) is 2.66. The monoisotopic (exact) mass is 209 g/mol. The van der Waals surface area contributed by atoms with Crippen molar-refractivity contribution in [3.8, 4) is 0 Å². The molecule has 2 rings (SSSR count). The summed E-state index contributed by atoms with van der Waals surface area (Å²) >= 11 is 0. The van der Waals surface area contributed by atoms with E-state index in [4.69, 9.17) is 5.11 Å². The minimum Gasteiger partial charge on any atom is -0.479 e. The number of hydrogen-bond donors (Lipinski definition) is 1. The molecule has 1 N–H and O–H groups in total. The van der Waals surface area contributed by atoms with E-state index in [0.717, 1.165) is 36.9 Å². The summed E-state index contributed by atoms with van der Waals surface area (Å²) in [5, 5.41) is 8.64. The Bertz CT molecular complexity index is 392. The maximum Gasteiger partial charge on any atom is 0.343 e.